The molecule has 0 aliphatic heterocycles. The Balaban J connectivity index is 0.00000325. The van der Waals surface area contributed by atoms with E-state index in [1.165, 1.54) is 48.5 Å². The van der Waals surface area contributed by atoms with Gasteiger partial charge in [0.05, 0.1) is 11.4 Å². The number of fused-ring (bicyclic) bond motifs is 2. The van der Waals surface area contributed by atoms with Gasteiger partial charge in [-0.05, 0) is 95.7 Å². The van der Waals surface area contributed by atoms with Crippen molar-refractivity contribution in [2.75, 3.05) is 22.1 Å². The molecule has 2 amide bonds. The fourth-order valence-electron chi connectivity index (χ4n) is 5.13. The van der Waals surface area contributed by atoms with Crippen molar-refractivity contribution in [3.05, 3.63) is 97.1 Å². The molecular formula is C33H26N8Na2O9S2. The van der Waals surface area contributed by atoms with E-state index in [0.717, 1.165) is 12.1 Å². The number of nitrogen functional groups attached to an aromatic ring is 2. The van der Waals surface area contributed by atoms with E-state index >= 15 is 0 Å². The molecule has 17 nitrogen and oxygen atoms in total. The van der Waals surface area contributed by atoms with E-state index in [9.17, 15) is 40.9 Å². The zero-order valence-corrected chi connectivity index (χ0v) is 34.0. The van der Waals surface area contributed by atoms with Crippen LogP contribution in [0.25, 0.3) is 21.5 Å². The quantitative estimate of drug-likeness (QED) is 0.0344. The van der Waals surface area contributed by atoms with Gasteiger partial charge in [-0.3, -0.25) is 9.11 Å². The third-order valence-corrected chi connectivity index (χ3v) is 9.18. The van der Waals surface area contributed by atoms with Crippen LogP contribution in [-0.2, 0) is 20.2 Å². The SMILES string of the molecule is Nc1cccc(N=Nc2c(S(=O)(=O)O)cc3cc(NC(=O)Nc4ccc5c(O)c(N=Nc6cccc(N)c6)c(S(=O)(=O)O)cc5c4)ccc3c2O)c1.[Na].[Na]. The number of anilines is 4. The molecule has 6 rings (SSSR count). The van der Waals surface area contributed by atoms with E-state index in [4.69, 9.17) is 11.5 Å². The van der Waals surface area contributed by atoms with Crippen molar-refractivity contribution in [2.24, 2.45) is 20.5 Å². The van der Waals surface area contributed by atoms with Gasteiger partial charge in [0.15, 0.2) is 11.5 Å². The normalized spacial score (nSPS) is 11.7. The van der Waals surface area contributed by atoms with Gasteiger partial charge in [0, 0.05) is 92.6 Å². The van der Waals surface area contributed by atoms with E-state index in [0.29, 0.717) is 11.4 Å². The molecule has 6 aromatic carbocycles. The number of rotatable bonds is 8. The number of amides is 2. The second-order valence-corrected chi connectivity index (χ2v) is 13.9. The topological polar surface area (TPSA) is 292 Å². The van der Waals surface area contributed by atoms with Gasteiger partial charge in [-0.25, -0.2) is 4.79 Å². The Bertz CT molecular complexity index is 2550. The van der Waals surface area contributed by atoms with E-state index in [-0.39, 0.29) is 103 Å². The number of aromatic hydroxyl groups is 2. The van der Waals surface area contributed by atoms with Crippen LogP contribution in [0.3, 0.4) is 0 Å². The molecule has 0 saturated heterocycles. The van der Waals surface area contributed by atoms with Crippen LogP contribution in [0.1, 0.15) is 0 Å². The fraction of sp³-hybridized carbons (Fsp3) is 0. The molecule has 0 aliphatic carbocycles. The molecule has 0 bridgehead atoms. The molecule has 0 spiro atoms. The summed E-state index contributed by atoms with van der Waals surface area (Å²) in [5.41, 5.74) is 12.0. The number of phenolic OH excluding ortho intramolecular Hbond substituents is 2. The summed E-state index contributed by atoms with van der Waals surface area (Å²) < 4.78 is 68.9. The molecule has 0 aliphatic rings. The number of nitrogens with zero attached hydrogens (tertiary/aromatic N) is 4. The van der Waals surface area contributed by atoms with E-state index in [1.54, 1.807) is 36.4 Å². The largest absolute Gasteiger partial charge is 0.505 e. The molecule has 0 fully saturated rings. The summed E-state index contributed by atoms with van der Waals surface area (Å²) in [5.74, 6) is -1.21. The number of phenols is 2. The summed E-state index contributed by atoms with van der Waals surface area (Å²) in [5, 5.41) is 43.0. The molecular weight excluding hydrogens is 763 g/mol. The molecule has 0 heterocycles. The Kier molecular flexibility index (Phi) is 13.1. The van der Waals surface area contributed by atoms with Gasteiger partial charge in [0.2, 0.25) is 0 Å². The number of azo groups is 2. The van der Waals surface area contributed by atoms with Crippen LogP contribution in [0.5, 0.6) is 11.5 Å². The number of nitrogens with two attached hydrogens (primary N) is 2. The Morgan fingerprint density at radius 1 is 0.556 bits per heavy atom. The van der Waals surface area contributed by atoms with Crippen molar-refractivity contribution in [1.29, 1.82) is 0 Å². The van der Waals surface area contributed by atoms with Crippen LogP contribution in [0.4, 0.5) is 50.3 Å². The standard InChI is InChI=1S/C33H26N8O9S2.2Na/c34-19-3-1-5-23(15-19)38-40-29-27(51(45,46)47)13-17-11-21(7-9-25(17)31(29)42)36-33(44)37-22-8-10-26-18(12-22)14-28(52(48,49)50)30(32(26)43)41-39-24-6-2-4-20(35)16-24;;/h1-16,42-43H,34-35H2,(H2,36,37,44)(H,45,46,47)(H,48,49,50);;. The first-order chi connectivity index (χ1) is 24.6. The minimum absolute atomic E-state index is 0. The molecule has 6 aromatic rings. The molecule has 2 radical (unpaired) electrons. The van der Waals surface area contributed by atoms with Crippen molar-refractivity contribution in [1.82, 2.24) is 0 Å². The summed E-state index contributed by atoms with van der Waals surface area (Å²) in [6, 6.07) is 21.9. The number of hydrogen-bond donors (Lipinski definition) is 8. The fourth-order valence-corrected chi connectivity index (χ4v) is 6.44. The van der Waals surface area contributed by atoms with Crippen LogP contribution in [0.2, 0.25) is 0 Å². The number of carbonyl (C=O) groups excluding carboxylic acids is 1. The predicted octanol–water partition coefficient (Wildman–Crippen LogP) is 6.78. The zero-order chi connectivity index (χ0) is 37.4. The Morgan fingerprint density at radius 3 is 1.30 bits per heavy atom. The van der Waals surface area contributed by atoms with E-state index in [1.807, 2.05) is 0 Å². The number of benzene rings is 6. The molecule has 266 valence electrons. The molecule has 54 heavy (non-hydrogen) atoms. The summed E-state index contributed by atoms with van der Waals surface area (Å²) >= 11 is 0. The molecule has 0 atom stereocenters. The smallest absolute Gasteiger partial charge is 0.323 e. The van der Waals surface area contributed by atoms with Gasteiger partial charge in [0.1, 0.15) is 21.2 Å². The Labute approximate surface area is 351 Å². The average Bonchev–Trinajstić information content (AvgIpc) is 3.06. The van der Waals surface area contributed by atoms with Crippen molar-refractivity contribution >= 4 is 152 Å². The van der Waals surface area contributed by atoms with Crippen LogP contribution in [0.15, 0.2) is 127 Å². The van der Waals surface area contributed by atoms with Crippen molar-refractivity contribution in [3.8, 4) is 11.5 Å². The summed E-state index contributed by atoms with van der Waals surface area (Å²) in [4.78, 5) is 11.5. The number of carbonyl (C=O) groups is 1. The van der Waals surface area contributed by atoms with Gasteiger partial charge in [-0.15, -0.1) is 10.2 Å². The van der Waals surface area contributed by atoms with Gasteiger partial charge < -0.3 is 32.3 Å². The molecule has 0 saturated carbocycles. The Hall–Kier alpha value is -4.67. The monoisotopic (exact) mass is 788 g/mol. The van der Waals surface area contributed by atoms with Crippen molar-refractivity contribution < 1.29 is 40.9 Å². The summed E-state index contributed by atoms with van der Waals surface area (Å²) in [6.07, 6.45) is 0. The predicted molar refractivity (Wildman–Crippen MR) is 205 cm³/mol. The van der Waals surface area contributed by atoms with Crippen molar-refractivity contribution in [2.45, 2.75) is 9.79 Å². The van der Waals surface area contributed by atoms with Gasteiger partial charge >= 0.3 is 6.03 Å². The van der Waals surface area contributed by atoms with Crippen molar-refractivity contribution in [3.63, 3.8) is 0 Å². The molecule has 0 aromatic heterocycles. The molecule has 0 unspecified atom stereocenters. The van der Waals surface area contributed by atoms with Crippen LogP contribution in [-0.4, -0.2) is 101 Å². The van der Waals surface area contributed by atoms with Crippen LogP contribution in [0, 0.1) is 0 Å². The second-order valence-electron chi connectivity index (χ2n) is 11.1. The first-order valence-corrected chi connectivity index (χ1v) is 17.6. The van der Waals surface area contributed by atoms with Gasteiger partial charge in [-0.2, -0.15) is 27.1 Å². The van der Waals surface area contributed by atoms with Gasteiger partial charge in [-0.1, -0.05) is 12.1 Å². The maximum absolute atomic E-state index is 13.0. The van der Waals surface area contributed by atoms with Crippen LogP contribution >= 0.6 is 0 Å². The average molecular weight is 789 g/mol. The number of nitrogens with one attached hydrogen (secondary N) is 2. The maximum Gasteiger partial charge on any atom is 0.323 e. The minimum Gasteiger partial charge on any atom is -0.505 e. The maximum atomic E-state index is 13.0. The number of urea groups is 1. The minimum atomic E-state index is -4.92. The number of hydrogen-bond acceptors (Lipinski definition) is 13. The summed E-state index contributed by atoms with van der Waals surface area (Å²) in [7, 11) is -9.83. The molecule has 10 N–H and O–H groups in total. The van der Waals surface area contributed by atoms with Gasteiger partial charge in [0.25, 0.3) is 20.2 Å². The first-order valence-electron chi connectivity index (χ1n) is 14.7. The summed E-state index contributed by atoms with van der Waals surface area (Å²) in [6.45, 7) is 0. The Morgan fingerprint density at radius 2 is 0.944 bits per heavy atom. The van der Waals surface area contributed by atoms with E-state index in [2.05, 4.69) is 31.1 Å². The first kappa shape index (κ1) is 42.1. The van der Waals surface area contributed by atoms with Crippen LogP contribution < -0.4 is 22.1 Å². The second kappa shape index (κ2) is 16.8. The zero-order valence-electron chi connectivity index (χ0n) is 28.3. The van der Waals surface area contributed by atoms with E-state index < -0.39 is 58.9 Å². The molecule has 21 heteroatoms. The third kappa shape index (κ3) is 9.51. The third-order valence-electron chi connectivity index (χ3n) is 7.44.